The number of nitrogens with zero attached hydrogens (tertiary/aromatic N) is 2. The second-order valence-electron chi connectivity index (χ2n) is 4.70. The zero-order valence-corrected chi connectivity index (χ0v) is 16.2. The van der Waals surface area contributed by atoms with Gasteiger partial charge in [-0.15, -0.1) is 10.2 Å². The SMILES string of the molecule is O=C(CSc1nnc(-c2ccc(Br)cc2)o1)Nc1ccccc1Br. The van der Waals surface area contributed by atoms with E-state index in [2.05, 4.69) is 47.4 Å². The Morgan fingerprint density at radius 1 is 1.08 bits per heavy atom. The second-order valence-corrected chi connectivity index (χ2v) is 7.39. The van der Waals surface area contributed by atoms with Crippen LogP contribution in [0, 0.1) is 0 Å². The molecule has 0 spiro atoms. The van der Waals surface area contributed by atoms with Gasteiger partial charge in [-0.05, 0) is 52.3 Å². The third kappa shape index (κ3) is 4.46. The van der Waals surface area contributed by atoms with Crippen molar-refractivity contribution in [2.45, 2.75) is 5.22 Å². The Morgan fingerprint density at radius 2 is 1.83 bits per heavy atom. The molecule has 5 nitrogen and oxygen atoms in total. The van der Waals surface area contributed by atoms with Crippen LogP contribution in [-0.2, 0) is 4.79 Å². The van der Waals surface area contributed by atoms with Crippen LogP contribution in [0.3, 0.4) is 0 Å². The summed E-state index contributed by atoms with van der Waals surface area (Å²) in [5.41, 5.74) is 1.55. The largest absolute Gasteiger partial charge is 0.411 e. The lowest BCUT2D eigenvalue weighted by molar-refractivity contribution is -0.113. The summed E-state index contributed by atoms with van der Waals surface area (Å²) in [6, 6.07) is 15.0. The molecular weight excluding hydrogens is 458 g/mol. The molecule has 0 unspecified atom stereocenters. The molecule has 24 heavy (non-hydrogen) atoms. The molecule has 0 aliphatic rings. The predicted molar refractivity (Wildman–Crippen MR) is 101 cm³/mol. The highest BCUT2D eigenvalue weighted by Crippen LogP contribution is 2.25. The number of hydrogen-bond donors (Lipinski definition) is 1. The number of para-hydroxylation sites is 1. The van der Waals surface area contributed by atoms with Gasteiger partial charge < -0.3 is 9.73 Å². The molecule has 0 atom stereocenters. The fourth-order valence-corrected chi connectivity index (χ4v) is 3.06. The predicted octanol–water partition coefficient (Wildman–Crippen LogP) is 4.99. The first-order valence-corrected chi connectivity index (χ1v) is 9.45. The number of benzene rings is 2. The lowest BCUT2D eigenvalue weighted by Gasteiger charge is -2.05. The Morgan fingerprint density at radius 3 is 2.58 bits per heavy atom. The lowest BCUT2D eigenvalue weighted by Crippen LogP contribution is -2.14. The maximum Gasteiger partial charge on any atom is 0.277 e. The molecule has 0 bridgehead atoms. The normalized spacial score (nSPS) is 10.6. The number of thioether (sulfide) groups is 1. The molecule has 3 rings (SSSR count). The molecule has 3 aromatic rings. The molecule has 1 N–H and O–H groups in total. The summed E-state index contributed by atoms with van der Waals surface area (Å²) in [5.74, 6) is 0.468. The first-order valence-electron chi connectivity index (χ1n) is 6.88. The van der Waals surface area contributed by atoms with Crippen LogP contribution in [0.25, 0.3) is 11.5 Å². The number of hydrogen-bond acceptors (Lipinski definition) is 5. The topological polar surface area (TPSA) is 68.0 Å². The van der Waals surface area contributed by atoms with Gasteiger partial charge >= 0.3 is 0 Å². The van der Waals surface area contributed by atoms with Gasteiger partial charge in [0.05, 0.1) is 11.4 Å². The number of carbonyl (C=O) groups excluding carboxylic acids is 1. The van der Waals surface area contributed by atoms with Gasteiger partial charge in [0.25, 0.3) is 5.22 Å². The molecule has 122 valence electrons. The zero-order chi connectivity index (χ0) is 16.9. The van der Waals surface area contributed by atoms with Gasteiger partial charge in [-0.3, -0.25) is 4.79 Å². The van der Waals surface area contributed by atoms with Crippen molar-refractivity contribution in [2.24, 2.45) is 0 Å². The van der Waals surface area contributed by atoms with Gasteiger partial charge in [0.1, 0.15) is 0 Å². The average Bonchev–Trinajstić information content (AvgIpc) is 3.05. The Bertz CT molecular complexity index is 853. The van der Waals surface area contributed by atoms with Gasteiger partial charge in [-0.2, -0.15) is 0 Å². The number of rotatable bonds is 5. The summed E-state index contributed by atoms with van der Waals surface area (Å²) in [5, 5.41) is 11.1. The third-order valence-electron chi connectivity index (χ3n) is 2.97. The van der Waals surface area contributed by atoms with Crippen molar-refractivity contribution >= 4 is 55.2 Å². The highest BCUT2D eigenvalue weighted by molar-refractivity contribution is 9.10. The summed E-state index contributed by atoms with van der Waals surface area (Å²) >= 11 is 7.96. The Balaban J connectivity index is 1.58. The van der Waals surface area contributed by atoms with Crippen LogP contribution in [0.2, 0.25) is 0 Å². The molecule has 8 heteroatoms. The van der Waals surface area contributed by atoms with E-state index in [9.17, 15) is 4.79 Å². The van der Waals surface area contributed by atoms with Crippen LogP contribution in [0.1, 0.15) is 0 Å². The maximum absolute atomic E-state index is 12.0. The monoisotopic (exact) mass is 467 g/mol. The summed E-state index contributed by atoms with van der Waals surface area (Å²) in [6.07, 6.45) is 0. The molecule has 0 aliphatic carbocycles. The van der Waals surface area contributed by atoms with Crippen molar-refractivity contribution in [3.8, 4) is 11.5 Å². The molecule has 1 heterocycles. The van der Waals surface area contributed by atoms with E-state index in [1.165, 1.54) is 11.8 Å². The highest BCUT2D eigenvalue weighted by atomic mass is 79.9. The van der Waals surface area contributed by atoms with Crippen molar-refractivity contribution in [2.75, 3.05) is 11.1 Å². The summed E-state index contributed by atoms with van der Waals surface area (Å²) in [4.78, 5) is 12.0. The van der Waals surface area contributed by atoms with Crippen molar-refractivity contribution in [3.63, 3.8) is 0 Å². The molecule has 0 saturated carbocycles. The summed E-state index contributed by atoms with van der Waals surface area (Å²) in [7, 11) is 0. The van der Waals surface area contributed by atoms with E-state index in [0.717, 1.165) is 20.2 Å². The number of carbonyl (C=O) groups is 1. The highest BCUT2D eigenvalue weighted by Gasteiger charge is 2.12. The van der Waals surface area contributed by atoms with E-state index in [0.29, 0.717) is 11.1 Å². The van der Waals surface area contributed by atoms with E-state index in [1.54, 1.807) is 0 Å². The number of amides is 1. The lowest BCUT2D eigenvalue weighted by atomic mass is 10.2. The van der Waals surface area contributed by atoms with Crippen LogP contribution in [0.4, 0.5) is 5.69 Å². The molecule has 0 fully saturated rings. The molecule has 2 aromatic carbocycles. The fraction of sp³-hybridized carbons (Fsp3) is 0.0625. The van der Waals surface area contributed by atoms with E-state index >= 15 is 0 Å². The van der Waals surface area contributed by atoms with Crippen LogP contribution in [-0.4, -0.2) is 21.9 Å². The molecule has 0 saturated heterocycles. The Labute approximate surface area is 159 Å². The fourth-order valence-electron chi connectivity index (χ4n) is 1.85. The van der Waals surface area contributed by atoms with E-state index in [1.807, 2.05) is 48.5 Å². The maximum atomic E-state index is 12.0. The van der Waals surface area contributed by atoms with Crippen molar-refractivity contribution in [1.29, 1.82) is 0 Å². The minimum absolute atomic E-state index is 0.143. The van der Waals surface area contributed by atoms with E-state index in [4.69, 9.17) is 4.42 Å². The van der Waals surface area contributed by atoms with Crippen LogP contribution in [0.5, 0.6) is 0 Å². The standard InChI is InChI=1S/C16H11Br2N3O2S/c17-11-7-5-10(6-8-11)15-20-21-16(23-15)24-9-14(22)19-13-4-2-1-3-12(13)18/h1-8H,9H2,(H,19,22). The number of anilines is 1. The van der Waals surface area contributed by atoms with Gasteiger partial charge in [0.2, 0.25) is 11.8 Å². The number of aromatic nitrogens is 2. The quantitative estimate of drug-likeness (QED) is 0.534. The molecule has 1 aromatic heterocycles. The zero-order valence-electron chi connectivity index (χ0n) is 12.2. The van der Waals surface area contributed by atoms with Crippen LogP contribution in [0.15, 0.2) is 67.1 Å². The van der Waals surface area contributed by atoms with Crippen molar-refractivity contribution in [1.82, 2.24) is 10.2 Å². The molecular formula is C16H11Br2N3O2S. The van der Waals surface area contributed by atoms with E-state index < -0.39 is 0 Å². The van der Waals surface area contributed by atoms with E-state index in [-0.39, 0.29) is 11.7 Å². The molecule has 0 aliphatic heterocycles. The minimum atomic E-state index is -0.143. The third-order valence-corrected chi connectivity index (χ3v) is 5.01. The second kappa shape index (κ2) is 7.96. The van der Waals surface area contributed by atoms with Crippen LogP contribution < -0.4 is 5.32 Å². The Kier molecular flexibility index (Phi) is 5.70. The Hall–Kier alpha value is -1.64. The molecule has 0 radical (unpaired) electrons. The number of halogens is 2. The van der Waals surface area contributed by atoms with Gasteiger partial charge in [0.15, 0.2) is 0 Å². The van der Waals surface area contributed by atoms with Crippen molar-refractivity contribution in [3.05, 3.63) is 57.5 Å². The first-order chi connectivity index (χ1) is 11.6. The average molecular weight is 469 g/mol. The smallest absolute Gasteiger partial charge is 0.277 e. The first kappa shape index (κ1) is 17.2. The molecule has 1 amide bonds. The van der Waals surface area contributed by atoms with Gasteiger partial charge in [-0.25, -0.2) is 0 Å². The van der Waals surface area contributed by atoms with Crippen molar-refractivity contribution < 1.29 is 9.21 Å². The summed E-state index contributed by atoms with van der Waals surface area (Å²) in [6.45, 7) is 0. The minimum Gasteiger partial charge on any atom is -0.411 e. The summed E-state index contributed by atoms with van der Waals surface area (Å²) < 4.78 is 7.38. The number of nitrogens with one attached hydrogen (secondary N) is 1. The van der Waals surface area contributed by atoms with Crippen LogP contribution >= 0.6 is 43.6 Å². The van der Waals surface area contributed by atoms with Gasteiger partial charge in [-0.1, -0.05) is 39.8 Å². The van der Waals surface area contributed by atoms with Gasteiger partial charge in [0, 0.05) is 14.5 Å².